The number of carbonyl (C=O) groups is 1. The molecular weight excluding hydrogens is 626 g/mol. The SMILES string of the molecule is CC/C=C/[C@@](O)(c1cn[nH]n1)[C@@H]1CC[C@H]1CN1C[C@@]2(CCCc3cc(Cl)ccc32)COc2ccc(C(=O)NS(=O)(=O)C(C)C)cc21. The Morgan fingerprint density at radius 2 is 2.11 bits per heavy atom. The number of nitrogens with one attached hydrogen (secondary N) is 2. The third kappa shape index (κ3) is 6.04. The molecule has 3 aliphatic rings. The van der Waals surface area contributed by atoms with Crippen molar-refractivity contribution in [1.29, 1.82) is 0 Å². The lowest BCUT2D eigenvalue weighted by Crippen LogP contribution is -2.51. The van der Waals surface area contributed by atoms with Crippen LogP contribution >= 0.6 is 11.6 Å². The summed E-state index contributed by atoms with van der Waals surface area (Å²) in [6, 6.07) is 11.2. The van der Waals surface area contributed by atoms with Crippen molar-refractivity contribution in [3.63, 3.8) is 0 Å². The molecule has 2 aliphatic carbocycles. The number of halogens is 1. The highest BCUT2D eigenvalue weighted by molar-refractivity contribution is 7.90. The van der Waals surface area contributed by atoms with Crippen molar-refractivity contribution in [3.05, 3.63) is 82.2 Å². The molecule has 1 aromatic heterocycles. The fourth-order valence-electron chi connectivity index (χ4n) is 7.30. The molecule has 246 valence electrons. The standard InChI is InChI=1S/C34H42ClN5O5S/c1-4-5-15-34(42,31-18-36-39-37-31)28-11-8-25(28)19-40-20-33(14-6-7-23-16-26(35)10-12-27(23)33)21-45-30-13-9-24(17-29(30)40)32(41)38-46(43,44)22(2)3/h5,9-10,12-13,15-18,22,25,28,42H,4,6-8,11,14,19-21H2,1-3H3,(H,38,41)(H,36,37,39)/b15-5+/t25-,28+,33-,34-/m0/s1. The minimum absolute atomic E-state index is 0.0956. The third-order valence-electron chi connectivity index (χ3n) is 10.0. The van der Waals surface area contributed by atoms with Crippen molar-refractivity contribution in [2.24, 2.45) is 11.8 Å². The number of rotatable bonds is 9. The monoisotopic (exact) mass is 667 g/mol. The molecule has 1 amide bonds. The van der Waals surface area contributed by atoms with E-state index in [1.807, 2.05) is 25.1 Å². The normalized spacial score (nSPS) is 24.1. The molecule has 2 aromatic carbocycles. The van der Waals surface area contributed by atoms with Crippen LogP contribution in [0.15, 0.2) is 54.7 Å². The Labute approximate surface area is 275 Å². The summed E-state index contributed by atoms with van der Waals surface area (Å²) in [5.74, 6) is -0.0585. The van der Waals surface area contributed by atoms with Crippen LogP contribution in [0.5, 0.6) is 5.75 Å². The van der Waals surface area contributed by atoms with Gasteiger partial charge in [0, 0.05) is 35.0 Å². The third-order valence-corrected chi connectivity index (χ3v) is 12.0. The van der Waals surface area contributed by atoms with Crippen LogP contribution in [-0.2, 0) is 27.5 Å². The second-order valence-corrected chi connectivity index (χ2v) is 15.9. The van der Waals surface area contributed by atoms with Crippen molar-refractivity contribution < 1.29 is 23.1 Å². The van der Waals surface area contributed by atoms with Gasteiger partial charge < -0.3 is 14.7 Å². The molecule has 0 bridgehead atoms. The smallest absolute Gasteiger partial charge is 0.264 e. The van der Waals surface area contributed by atoms with E-state index in [0.29, 0.717) is 36.2 Å². The van der Waals surface area contributed by atoms with Crippen LogP contribution in [0.4, 0.5) is 5.69 Å². The van der Waals surface area contributed by atoms with E-state index in [9.17, 15) is 18.3 Å². The van der Waals surface area contributed by atoms with Crippen LogP contribution in [0.2, 0.25) is 5.02 Å². The van der Waals surface area contributed by atoms with E-state index in [2.05, 4.69) is 37.2 Å². The number of H-pyrrole nitrogens is 1. The Kier molecular flexibility index (Phi) is 8.95. The summed E-state index contributed by atoms with van der Waals surface area (Å²) in [5.41, 5.74) is 2.29. The van der Waals surface area contributed by atoms with E-state index in [1.54, 1.807) is 24.4 Å². The van der Waals surface area contributed by atoms with Crippen LogP contribution in [-0.4, -0.2) is 59.8 Å². The summed E-state index contributed by atoms with van der Waals surface area (Å²) in [4.78, 5) is 15.5. The molecule has 0 unspecified atom stereocenters. The van der Waals surface area contributed by atoms with E-state index in [4.69, 9.17) is 16.3 Å². The van der Waals surface area contributed by atoms with Gasteiger partial charge in [0.2, 0.25) is 10.0 Å². The van der Waals surface area contributed by atoms with E-state index in [-0.39, 0.29) is 22.8 Å². The summed E-state index contributed by atoms with van der Waals surface area (Å²) in [6.07, 6.45) is 10.7. The summed E-state index contributed by atoms with van der Waals surface area (Å²) < 4.78 is 33.9. The predicted octanol–water partition coefficient (Wildman–Crippen LogP) is 5.28. The Hall–Kier alpha value is -3.41. The Bertz CT molecular complexity index is 1730. The number of aromatic nitrogens is 3. The van der Waals surface area contributed by atoms with Crippen LogP contribution in [0, 0.1) is 11.8 Å². The molecule has 0 radical (unpaired) electrons. The average molecular weight is 668 g/mol. The maximum atomic E-state index is 13.2. The Morgan fingerprint density at radius 1 is 1.28 bits per heavy atom. The van der Waals surface area contributed by atoms with Gasteiger partial charge in [0.05, 0.1) is 23.7 Å². The number of anilines is 1. The van der Waals surface area contributed by atoms with Gasteiger partial charge in [0.1, 0.15) is 17.0 Å². The van der Waals surface area contributed by atoms with Crippen LogP contribution < -0.4 is 14.4 Å². The maximum Gasteiger partial charge on any atom is 0.264 e. The largest absolute Gasteiger partial charge is 0.490 e. The van der Waals surface area contributed by atoms with E-state index >= 15 is 0 Å². The van der Waals surface area contributed by atoms with Crippen molar-refractivity contribution >= 4 is 33.2 Å². The number of aryl methyl sites for hydroxylation is 1. The van der Waals surface area contributed by atoms with Gasteiger partial charge in [-0.3, -0.25) is 4.79 Å². The first kappa shape index (κ1) is 32.5. The molecule has 46 heavy (non-hydrogen) atoms. The zero-order valence-corrected chi connectivity index (χ0v) is 28.1. The number of ether oxygens (including phenoxy) is 1. The highest BCUT2D eigenvalue weighted by atomic mass is 35.5. The molecule has 1 saturated carbocycles. The number of aromatic amines is 1. The number of benzene rings is 2. The second kappa shape index (κ2) is 12.7. The average Bonchev–Trinajstić information content (AvgIpc) is 3.51. The van der Waals surface area contributed by atoms with E-state index in [0.717, 1.165) is 44.2 Å². The molecule has 2 heterocycles. The van der Waals surface area contributed by atoms with Crippen molar-refractivity contribution in [2.45, 2.75) is 75.6 Å². The summed E-state index contributed by atoms with van der Waals surface area (Å²) >= 11 is 6.42. The fraction of sp³-hybridized carbons (Fsp3) is 0.500. The molecule has 1 aliphatic heterocycles. The number of nitrogens with zero attached hydrogens (tertiary/aromatic N) is 3. The molecule has 0 saturated heterocycles. The zero-order valence-electron chi connectivity index (χ0n) is 26.5. The van der Waals surface area contributed by atoms with E-state index in [1.165, 1.54) is 25.0 Å². The highest BCUT2D eigenvalue weighted by Crippen LogP contribution is 2.50. The first-order valence-electron chi connectivity index (χ1n) is 16.1. The topological polar surface area (TPSA) is 138 Å². The highest BCUT2D eigenvalue weighted by Gasteiger charge is 2.49. The summed E-state index contributed by atoms with van der Waals surface area (Å²) in [7, 11) is -3.82. The van der Waals surface area contributed by atoms with Crippen molar-refractivity contribution in [2.75, 3.05) is 24.6 Å². The maximum absolute atomic E-state index is 13.2. The van der Waals surface area contributed by atoms with Gasteiger partial charge in [-0.05, 0) is 99.7 Å². The summed E-state index contributed by atoms with van der Waals surface area (Å²) in [5, 5.41) is 22.9. The summed E-state index contributed by atoms with van der Waals surface area (Å²) in [6.45, 7) is 6.76. The number of hydrogen-bond acceptors (Lipinski definition) is 8. The van der Waals surface area contributed by atoms with Crippen molar-refractivity contribution in [1.82, 2.24) is 20.1 Å². The van der Waals surface area contributed by atoms with Gasteiger partial charge in [-0.2, -0.15) is 15.4 Å². The van der Waals surface area contributed by atoms with Gasteiger partial charge >= 0.3 is 0 Å². The Morgan fingerprint density at radius 3 is 2.80 bits per heavy atom. The molecule has 3 N–H and O–H groups in total. The fourth-order valence-corrected chi connectivity index (χ4v) is 8.11. The number of allylic oxidation sites excluding steroid dienone is 1. The van der Waals surface area contributed by atoms with Crippen LogP contribution in [0.1, 0.15) is 80.1 Å². The quantitative estimate of drug-likeness (QED) is 0.262. The first-order chi connectivity index (χ1) is 22.0. The predicted molar refractivity (Wildman–Crippen MR) is 178 cm³/mol. The Balaban J connectivity index is 1.39. The molecule has 1 spiro atoms. The molecule has 10 nitrogen and oxygen atoms in total. The zero-order chi connectivity index (χ0) is 32.7. The lowest BCUT2D eigenvalue weighted by molar-refractivity contribution is -0.0529. The number of fused-ring (bicyclic) bond motifs is 3. The number of aliphatic hydroxyl groups is 1. The van der Waals surface area contributed by atoms with Gasteiger partial charge in [0.15, 0.2) is 0 Å². The molecule has 1 fully saturated rings. The van der Waals surface area contributed by atoms with Gasteiger partial charge in [0.25, 0.3) is 5.91 Å². The number of sulfonamides is 1. The number of carbonyl (C=O) groups excluding carboxylic acids is 1. The molecule has 4 atom stereocenters. The molecule has 12 heteroatoms. The minimum Gasteiger partial charge on any atom is -0.490 e. The number of hydrogen-bond donors (Lipinski definition) is 3. The van der Waals surface area contributed by atoms with E-state index < -0.39 is 26.8 Å². The van der Waals surface area contributed by atoms with Crippen LogP contribution in [0.25, 0.3) is 0 Å². The van der Waals surface area contributed by atoms with Gasteiger partial charge in [-0.1, -0.05) is 36.7 Å². The minimum atomic E-state index is -3.82. The second-order valence-electron chi connectivity index (χ2n) is 13.2. The molecule has 6 rings (SSSR count). The number of amides is 1. The lowest BCUT2D eigenvalue weighted by Gasteiger charge is -2.48. The van der Waals surface area contributed by atoms with Crippen molar-refractivity contribution in [3.8, 4) is 5.75 Å². The van der Waals surface area contributed by atoms with Crippen LogP contribution in [0.3, 0.4) is 0 Å². The van der Waals surface area contributed by atoms with Gasteiger partial charge in [-0.25, -0.2) is 13.1 Å². The first-order valence-corrected chi connectivity index (χ1v) is 18.0. The molecular formula is C34H42ClN5O5S. The lowest BCUT2D eigenvalue weighted by atomic mass is 9.63. The van der Waals surface area contributed by atoms with Gasteiger partial charge in [-0.15, -0.1) is 0 Å². The molecule has 3 aromatic rings.